The van der Waals surface area contributed by atoms with Crippen LogP contribution in [0, 0.1) is 0 Å². The molecule has 3 nitrogen and oxygen atoms in total. The first-order valence-corrected chi connectivity index (χ1v) is 7.43. The van der Waals surface area contributed by atoms with Crippen molar-refractivity contribution in [1.82, 2.24) is 0 Å². The molecule has 0 unspecified atom stereocenters. The van der Waals surface area contributed by atoms with Crippen LogP contribution in [0.15, 0.2) is 18.2 Å². The molecule has 1 aromatic carbocycles. The number of methoxy groups -OCH3 is 1. The Labute approximate surface area is 121 Å². The van der Waals surface area contributed by atoms with E-state index in [1.165, 1.54) is 0 Å². The molecule has 0 spiro atoms. The van der Waals surface area contributed by atoms with Gasteiger partial charge in [-0.3, -0.25) is 4.79 Å². The minimum absolute atomic E-state index is 0.249. The van der Waals surface area contributed by atoms with E-state index < -0.39 is 11.4 Å². The van der Waals surface area contributed by atoms with Crippen LogP contribution in [-0.2, 0) is 10.2 Å². The van der Waals surface area contributed by atoms with E-state index in [0.29, 0.717) is 0 Å². The van der Waals surface area contributed by atoms with Crippen molar-refractivity contribution in [2.75, 3.05) is 7.11 Å². The Morgan fingerprint density at radius 3 is 2.40 bits per heavy atom. The summed E-state index contributed by atoms with van der Waals surface area (Å²) >= 11 is 0. The molecule has 0 bridgehead atoms. The third-order valence-electron chi connectivity index (χ3n) is 4.50. The van der Waals surface area contributed by atoms with E-state index in [-0.39, 0.29) is 5.92 Å². The van der Waals surface area contributed by atoms with Crippen LogP contribution in [-0.4, -0.2) is 18.2 Å². The molecule has 1 aliphatic rings. The highest BCUT2D eigenvalue weighted by Crippen LogP contribution is 2.45. The van der Waals surface area contributed by atoms with Crippen molar-refractivity contribution in [1.29, 1.82) is 0 Å². The highest BCUT2D eigenvalue weighted by atomic mass is 16.5. The zero-order valence-corrected chi connectivity index (χ0v) is 12.6. The van der Waals surface area contributed by atoms with E-state index in [0.717, 1.165) is 49.0 Å². The largest absolute Gasteiger partial charge is 0.496 e. The van der Waals surface area contributed by atoms with Gasteiger partial charge in [-0.1, -0.05) is 45.2 Å². The Bertz CT molecular complexity index is 485. The third kappa shape index (κ3) is 2.41. The smallest absolute Gasteiger partial charge is 0.314 e. The molecular weight excluding hydrogens is 252 g/mol. The molecule has 1 aliphatic carbocycles. The Balaban J connectivity index is 2.62. The standard InChI is InChI=1S/C17H24O3/c1-12(2)15-13(8-7-9-14(15)20-3)17(16(18)19)10-5-4-6-11-17/h7-9,12H,4-6,10-11H2,1-3H3,(H,18,19). The fraction of sp³-hybridized carbons (Fsp3) is 0.588. The number of hydrogen-bond acceptors (Lipinski definition) is 2. The van der Waals surface area contributed by atoms with Gasteiger partial charge in [0.05, 0.1) is 12.5 Å². The summed E-state index contributed by atoms with van der Waals surface area (Å²) in [5, 5.41) is 9.87. The molecule has 0 atom stereocenters. The Kier molecular flexibility index (Phi) is 4.36. The topological polar surface area (TPSA) is 46.5 Å². The maximum atomic E-state index is 12.0. The predicted octanol–water partition coefficient (Wildman–Crippen LogP) is 4.11. The van der Waals surface area contributed by atoms with Crippen molar-refractivity contribution >= 4 is 5.97 Å². The summed E-state index contributed by atoms with van der Waals surface area (Å²) < 4.78 is 5.47. The Morgan fingerprint density at radius 1 is 1.25 bits per heavy atom. The number of carboxylic acid groups (broad SMARTS) is 1. The number of hydrogen-bond donors (Lipinski definition) is 1. The predicted molar refractivity (Wildman–Crippen MR) is 79.5 cm³/mol. The second-order valence-electron chi connectivity index (χ2n) is 6.02. The molecule has 0 amide bonds. The average Bonchev–Trinajstić information content (AvgIpc) is 2.46. The lowest BCUT2D eigenvalue weighted by molar-refractivity contribution is -0.145. The van der Waals surface area contributed by atoms with Gasteiger partial charge in [-0.05, 0) is 30.4 Å². The van der Waals surface area contributed by atoms with E-state index >= 15 is 0 Å². The highest BCUT2D eigenvalue weighted by Gasteiger charge is 2.43. The van der Waals surface area contributed by atoms with Crippen molar-refractivity contribution in [2.45, 2.75) is 57.3 Å². The number of carboxylic acids is 1. The van der Waals surface area contributed by atoms with Gasteiger partial charge in [0.2, 0.25) is 0 Å². The van der Waals surface area contributed by atoms with Gasteiger partial charge in [-0.2, -0.15) is 0 Å². The van der Waals surface area contributed by atoms with Gasteiger partial charge >= 0.3 is 5.97 Å². The number of ether oxygens (including phenoxy) is 1. The van der Waals surface area contributed by atoms with Crippen LogP contribution in [0.3, 0.4) is 0 Å². The van der Waals surface area contributed by atoms with Gasteiger partial charge in [0.1, 0.15) is 5.75 Å². The van der Waals surface area contributed by atoms with Crippen molar-refractivity contribution in [3.8, 4) is 5.75 Å². The zero-order chi connectivity index (χ0) is 14.8. The van der Waals surface area contributed by atoms with Crippen LogP contribution in [0.25, 0.3) is 0 Å². The van der Waals surface area contributed by atoms with E-state index in [2.05, 4.69) is 13.8 Å². The normalized spacial score (nSPS) is 18.0. The van der Waals surface area contributed by atoms with E-state index in [4.69, 9.17) is 4.74 Å². The maximum absolute atomic E-state index is 12.0. The summed E-state index contributed by atoms with van der Waals surface area (Å²) in [7, 11) is 1.65. The molecule has 110 valence electrons. The monoisotopic (exact) mass is 276 g/mol. The average molecular weight is 276 g/mol. The summed E-state index contributed by atoms with van der Waals surface area (Å²) in [6.45, 7) is 4.19. The minimum Gasteiger partial charge on any atom is -0.496 e. The molecule has 0 heterocycles. The summed E-state index contributed by atoms with van der Waals surface area (Å²) in [4.78, 5) is 12.0. The van der Waals surface area contributed by atoms with Gasteiger partial charge in [0.15, 0.2) is 0 Å². The van der Waals surface area contributed by atoms with Crippen molar-refractivity contribution < 1.29 is 14.6 Å². The van der Waals surface area contributed by atoms with Gasteiger partial charge in [0.25, 0.3) is 0 Å². The first kappa shape index (κ1) is 14.9. The third-order valence-corrected chi connectivity index (χ3v) is 4.50. The fourth-order valence-corrected chi connectivity index (χ4v) is 3.49. The second kappa shape index (κ2) is 5.86. The van der Waals surface area contributed by atoms with Crippen LogP contribution in [0.5, 0.6) is 5.75 Å². The van der Waals surface area contributed by atoms with Gasteiger partial charge in [-0.25, -0.2) is 0 Å². The first-order valence-electron chi connectivity index (χ1n) is 7.43. The van der Waals surface area contributed by atoms with Crippen LogP contribution in [0.4, 0.5) is 0 Å². The Morgan fingerprint density at radius 2 is 1.90 bits per heavy atom. The van der Waals surface area contributed by atoms with Crippen LogP contribution < -0.4 is 4.74 Å². The van der Waals surface area contributed by atoms with Crippen molar-refractivity contribution in [3.05, 3.63) is 29.3 Å². The lowest BCUT2D eigenvalue weighted by atomic mass is 9.67. The molecule has 1 N–H and O–H groups in total. The van der Waals surface area contributed by atoms with Crippen LogP contribution in [0.2, 0.25) is 0 Å². The Hall–Kier alpha value is -1.51. The maximum Gasteiger partial charge on any atom is 0.314 e. The van der Waals surface area contributed by atoms with Gasteiger partial charge in [-0.15, -0.1) is 0 Å². The summed E-state index contributed by atoms with van der Waals surface area (Å²) in [5.74, 6) is 0.371. The lowest BCUT2D eigenvalue weighted by Gasteiger charge is -2.36. The molecule has 3 heteroatoms. The molecule has 0 aliphatic heterocycles. The molecule has 0 aromatic heterocycles. The summed E-state index contributed by atoms with van der Waals surface area (Å²) in [6, 6.07) is 5.83. The number of benzene rings is 1. The van der Waals surface area contributed by atoms with Crippen molar-refractivity contribution in [3.63, 3.8) is 0 Å². The first-order chi connectivity index (χ1) is 9.53. The van der Waals surface area contributed by atoms with E-state index in [9.17, 15) is 9.90 Å². The number of rotatable bonds is 4. The van der Waals surface area contributed by atoms with Crippen LogP contribution >= 0.6 is 0 Å². The summed E-state index contributed by atoms with van der Waals surface area (Å²) in [6.07, 6.45) is 4.57. The van der Waals surface area contributed by atoms with Crippen molar-refractivity contribution in [2.24, 2.45) is 0 Å². The second-order valence-corrected chi connectivity index (χ2v) is 6.02. The molecule has 1 aromatic rings. The summed E-state index contributed by atoms with van der Waals surface area (Å²) in [5.41, 5.74) is 1.28. The zero-order valence-electron chi connectivity index (χ0n) is 12.6. The quantitative estimate of drug-likeness (QED) is 0.900. The molecular formula is C17H24O3. The molecule has 2 rings (SSSR count). The molecule has 0 radical (unpaired) electrons. The molecule has 1 saturated carbocycles. The van der Waals surface area contributed by atoms with E-state index in [1.807, 2.05) is 18.2 Å². The SMILES string of the molecule is COc1cccc(C2(C(=O)O)CCCCC2)c1C(C)C. The minimum atomic E-state index is -0.730. The number of aliphatic carboxylic acids is 1. The van der Waals surface area contributed by atoms with Crippen LogP contribution in [0.1, 0.15) is 63.0 Å². The van der Waals surface area contributed by atoms with Gasteiger partial charge in [0, 0.05) is 5.56 Å². The molecule has 0 saturated heterocycles. The molecule has 1 fully saturated rings. The fourth-order valence-electron chi connectivity index (χ4n) is 3.49. The lowest BCUT2D eigenvalue weighted by Crippen LogP contribution is -2.39. The van der Waals surface area contributed by atoms with Gasteiger partial charge < -0.3 is 9.84 Å². The number of carbonyl (C=O) groups is 1. The van der Waals surface area contributed by atoms with E-state index in [1.54, 1.807) is 7.11 Å². The molecule has 20 heavy (non-hydrogen) atoms. The highest BCUT2D eigenvalue weighted by molar-refractivity contribution is 5.82.